The maximum absolute atomic E-state index is 13.0. The van der Waals surface area contributed by atoms with E-state index in [1.807, 2.05) is 32.6 Å². The van der Waals surface area contributed by atoms with Crippen LogP contribution >= 0.6 is 11.6 Å². The molecule has 3 atom stereocenters. The van der Waals surface area contributed by atoms with E-state index < -0.39 is 28.0 Å². The van der Waals surface area contributed by atoms with Crippen molar-refractivity contribution < 1.29 is 23.9 Å². The highest BCUT2D eigenvalue weighted by Gasteiger charge is 2.41. The Morgan fingerprint density at radius 2 is 2.00 bits per heavy atom. The van der Waals surface area contributed by atoms with Gasteiger partial charge < -0.3 is 24.0 Å². The summed E-state index contributed by atoms with van der Waals surface area (Å²) in [5.74, 6) is -0.574. The van der Waals surface area contributed by atoms with Gasteiger partial charge in [0.15, 0.2) is 11.9 Å². The van der Waals surface area contributed by atoms with Crippen molar-refractivity contribution in [3.63, 3.8) is 0 Å². The minimum absolute atomic E-state index is 0.0556. The van der Waals surface area contributed by atoms with Gasteiger partial charge in [-0.3, -0.25) is 4.79 Å². The zero-order valence-electron chi connectivity index (χ0n) is 20.4. The molecule has 1 aromatic rings. The van der Waals surface area contributed by atoms with Crippen LogP contribution in [-0.4, -0.2) is 56.8 Å². The minimum Gasteiger partial charge on any atom is -0.598 e. The molecule has 0 aliphatic carbocycles. The first-order chi connectivity index (χ1) is 15.3. The number of ether oxygens (including phenoxy) is 2. The average molecular weight is 501 g/mol. The van der Waals surface area contributed by atoms with E-state index in [1.165, 1.54) is 0 Å². The third kappa shape index (κ3) is 6.35. The number of aryl methyl sites for hydroxylation is 1. The van der Waals surface area contributed by atoms with Gasteiger partial charge in [0.25, 0.3) is 5.91 Å². The lowest BCUT2D eigenvalue weighted by atomic mass is 9.85. The normalized spacial score (nSPS) is 23.5. The van der Waals surface area contributed by atoms with E-state index in [2.05, 4.69) is 4.72 Å². The van der Waals surface area contributed by atoms with Gasteiger partial charge in [-0.1, -0.05) is 18.5 Å². The van der Waals surface area contributed by atoms with Crippen LogP contribution in [0.2, 0.25) is 5.02 Å². The van der Waals surface area contributed by atoms with Crippen LogP contribution in [0.25, 0.3) is 0 Å². The second kappa shape index (κ2) is 10.3. The number of piperidine rings is 1. The summed E-state index contributed by atoms with van der Waals surface area (Å²) in [5, 5.41) is 11.4. The fraction of sp³-hybridized carbons (Fsp3) is 0.708. The maximum Gasteiger partial charge on any atom is 0.254 e. The molecule has 2 aliphatic rings. The van der Waals surface area contributed by atoms with E-state index in [0.29, 0.717) is 42.9 Å². The van der Waals surface area contributed by atoms with Gasteiger partial charge in [-0.15, -0.1) is 4.72 Å². The summed E-state index contributed by atoms with van der Waals surface area (Å²) in [7, 11) is 0. The van der Waals surface area contributed by atoms with Crippen LogP contribution in [0.3, 0.4) is 0 Å². The fourth-order valence-corrected chi connectivity index (χ4v) is 5.52. The molecule has 1 unspecified atom stereocenters. The molecule has 2 N–H and O–H groups in total. The molecule has 0 bridgehead atoms. The molecule has 1 aromatic carbocycles. The lowest BCUT2D eigenvalue weighted by Crippen LogP contribution is -2.48. The molecule has 2 saturated heterocycles. The Morgan fingerprint density at radius 1 is 1.36 bits per heavy atom. The lowest BCUT2D eigenvalue weighted by molar-refractivity contribution is -0.161. The number of nitrogens with one attached hydrogen (secondary N) is 1. The minimum atomic E-state index is -1.34. The van der Waals surface area contributed by atoms with E-state index >= 15 is 0 Å². The van der Waals surface area contributed by atoms with E-state index in [-0.39, 0.29) is 30.2 Å². The second-order valence-electron chi connectivity index (χ2n) is 10.3. The molecule has 2 fully saturated rings. The molecule has 2 heterocycles. The number of hydrogen-bond donors (Lipinski definition) is 2. The molecular formula is C24H37ClN2O5S. The number of benzene rings is 1. The van der Waals surface area contributed by atoms with Crippen molar-refractivity contribution in [3.8, 4) is 5.75 Å². The molecule has 9 heteroatoms. The Balaban J connectivity index is 1.77. The van der Waals surface area contributed by atoms with E-state index in [0.717, 1.165) is 5.56 Å². The smallest absolute Gasteiger partial charge is 0.254 e. The van der Waals surface area contributed by atoms with Crippen molar-refractivity contribution in [1.29, 1.82) is 0 Å². The fourth-order valence-electron chi connectivity index (χ4n) is 4.31. The number of halogens is 1. The molecule has 1 amide bonds. The van der Waals surface area contributed by atoms with E-state index in [9.17, 15) is 14.5 Å². The molecular weight excluding hydrogens is 464 g/mol. The lowest BCUT2D eigenvalue weighted by Gasteiger charge is -2.38. The van der Waals surface area contributed by atoms with Crippen molar-refractivity contribution in [2.24, 2.45) is 5.92 Å². The number of nitrogens with zero attached hydrogens (tertiary/aromatic N) is 1. The van der Waals surface area contributed by atoms with Gasteiger partial charge in [0.05, 0.1) is 12.6 Å². The number of hydrogen-bond acceptors (Lipinski definition) is 6. The van der Waals surface area contributed by atoms with Gasteiger partial charge in [-0.05, 0) is 77.5 Å². The Labute approximate surface area is 205 Å². The van der Waals surface area contributed by atoms with Crippen molar-refractivity contribution in [1.82, 2.24) is 9.62 Å². The topological polar surface area (TPSA) is 94.1 Å². The Hall–Kier alpha value is -1.03. The van der Waals surface area contributed by atoms with Gasteiger partial charge in [0.1, 0.15) is 10.5 Å². The van der Waals surface area contributed by atoms with Gasteiger partial charge in [-0.25, -0.2) is 0 Å². The summed E-state index contributed by atoms with van der Waals surface area (Å²) < 4.78 is 27.1. The Kier molecular flexibility index (Phi) is 8.29. The summed E-state index contributed by atoms with van der Waals surface area (Å²) in [6.07, 6.45) is 1.54. The number of amides is 1. The van der Waals surface area contributed by atoms with Gasteiger partial charge >= 0.3 is 0 Å². The van der Waals surface area contributed by atoms with Crippen molar-refractivity contribution >= 4 is 28.9 Å². The molecule has 3 rings (SSSR count). The number of carbonyl (C=O) groups excluding carboxylic acids is 1. The van der Waals surface area contributed by atoms with Crippen LogP contribution < -0.4 is 4.72 Å². The predicted octanol–water partition coefficient (Wildman–Crippen LogP) is 4.09. The highest BCUT2D eigenvalue weighted by Crippen LogP contribution is 2.39. The summed E-state index contributed by atoms with van der Waals surface area (Å²) >= 11 is 5.14. The number of aromatic hydroxyl groups is 1. The van der Waals surface area contributed by atoms with Crippen LogP contribution in [-0.2, 0) is 32.1 Å². The first-order valence-electron chi connectivity index (χ1n) is 11.6. The van der Waals surface area contributed by atoms with Crippen molar-refractivity contribution in [3.05, 3.63) is 28.3 Å². The van der Waals surface area contributed by atoms with Crippen molar-refractivity contribution in [2.75, 3.05) is 19.7 Å². The largest absolute Gasteiger partial charge is 0.598 e. The summed E-state index contributed by atoms with van der Waals surface area (Å²) in [5.41, 5.74) is 1.52. The van der Waals surface area contributed by atoms with Gasteiger partial charge in [0.2, 0.25) is 0 Å². The maximum atomic E-state index is 13.0. The molecule has 0 spiro atoms. The molecule has 186 valence electrons. The zero-order chi connectivity index (χ0) is 24.6. The molecule has 0 aromatic heterocycles. The van der Waals surface area contributed by atoms with Crippen LogP contribution in [0, 0.1) is 5.92 Å². The summed E-state index contributed by atoms with van der Waals surface area (Å²) in [4.78, 5) is 14.7. The number of carbonyl (C=O) groups is 1. The van der Waals surface area contributed by atoms with E-state index in [4.69, 9.17) is 21.1 Å². The zero-order valence-corrected chi connectivity index (χ0v) is 22.0. The molecule has 33 heavy (non-hydrogen) atoms. The SMILES string of the molecule is CCc1cc(O)c(C(N[S@@+]([O-])C(C)(C)C)C2CCN(C(=O)[C@H]3COC(C)(C)O3)CC2)cc1Cl. The number of phenols is 1. The summed E-state index contributed by atoms with van der Waals surface area (Å²) in [6, 6.07) is 3.14. The molecule has 0 saturated carbocycles. The monoisotopic (exact) mass is 500 g/mol. The van der Waals surface area contributed by atoms with E-state index in [1.54, 1.807) is 26.0 Å². The third-order valence-corrected chi connectivity index (χ3v) is 8.24. The number of phenolic OH excluding ortho intramolecular Hbond substituents is 1. The highest BCUT2D eigenvalue weighted by molar-refractivity contribution is 7.90. The summed E-state index contributed by atoms with van der Waals surface area (Å²) in [6.45, 7) is 12.7. The van der Waals surface area contributed by atoms with Crippen molar-refractivity contribution in [2.45, 2.75) is 83.5 Å². The van der Waals surface area contributed by atoms with Crippen LogP contribution in [0.4, 0.5) is 0 Å². The van der Waals surface area contributed by atoms with Crippen LogP contribution in [0.15, 0.2) is 12.1 Å². The third-order valence-electron chi connectivity index (χ3n) is 6.31. The van der Waals surface area contributed by atoms with Gasteiger partial charge in [-0.2, -0.15) is 0 Å². The first kappa shape index (κ1) is 26.6. The Morgan fingerprint density at radius 3 is 2.52 bits per heavy atom. The number of rotatable bonds is 6. The second-order valence-corrected chi connectivity index (χ2v) is 12.7. The Bertz CT molecular complexity index is 852. The molecule has 2 aliphatic heterocycles. The predicted molar refractivity (Wildman–Crippen MR) is 130 cm³/mol. The van der Waals surface area contributed by atoms with Crippen LogP contribution in [0.1, 0.15) is 71.6 Å². The average Bonchev–Trinajstić information content (AvgIpc) is 3.12. The molecule has 0 radical (unpaired) electrons. The van der Waals surface area contributed by atoms with Gasteiger partial charge in [0, 0.05) is 35.0 Å². The quantitative estimate of drug-likeness (QED) is 0.571. The van der Waals surface area contributed by atoms with Crippen LogP contribution in [0.5, 0.6) is 5.75 Å². The highest BCUT2D eigenvalue weighted by atomic mass is 35.5. The molecule has 7 nitrogen and oxygen atoms in total. The standard InChI is InChI=1S/C24H37ClN2O5S/c1-7-15-12-19(28)17(13-18(15)25)21(26-33(30)23(2,3)4)16-8-10-27(11-9-16)22(29)20-14-31-24(5,6)32-20/h12-13,16,20-21,26,28H,7-11,14H2,1-6H3/t20-,21?,33+/m1/s1. The number of likely N-dealkylation sites (tertiary alicyclic amines) is 1. The first-order valence-corrected chi connectivity index (χ1v) is 13.1.